The molecule has 0 amide bonds. The second kappa shape index (κ2) is 3.70. The molecule has 1 aromatic rings. The lowest BCUT2D eigenvalue weighted by Gasteiger charge is -2.24. The molecule has 2 nitrogen and oxygen atoms in total. The molecule has 0 radical (unpaired) electrons. The first kappa shape index (κ1) is 11.3. The standard InChI is InChI=1S/C12H14F2O2/c1-12(15,7-3-4-7)8-5-9(13)11(14)10(6-8)16-2/h5-7,15H,3-4H2,1-2H3/t12-/m1/s1. The highest BCUT2D eigenvalue weighted by molar-refractivity contribution is 5.35. The van der Waals surface area contributed by atoms with Crippen LogP contribution in [0.25, 0.3) is 0 Å². The summed E-state index contributed by atoms with van der Waals surface area (Å²) < 4.78 is 31.2. The molecule has 1 aromatic carbocycles. The topological polar surface area (TPSA) is 29.5 Å². The van der Waals surface area contributed by atoms with Gasteiger partial charge in [-0.2, -0.15) is 4.39 Å². The van der Waals surface area contributed by atoms with E-state index in [2.05, 4.69) is 0 Å². The molecular formula is C12H14F2O2. The van der Waals surface area contributed by atoms with Gasteiger partial charge in [0.15, 0.2) is 11.6 Å². The Hall–Kier alpha value is -1.16. The number of methoxy groups -OCH3 is 1. The Bertz CT molecular complexity index is 412. The molecule has 0 spiro atoms. The van der Waals surface area contributed by atoms with Crippen molar-refractivity contribution in [1.29, 1.82) is 0 Å². The lowest BCUT2D eigenvalue weighted by Crippen LogP contribution is -2.24. The molecule has 4 heteroatoms. The summed E-state index contributed by atoms with van der Waals surface area (Å²) in [5, 5.41) is 10.2. The van der Waals surface area contributed by atoms with Crippen LogP contribution in [0, 0.1) is 17.6 Å². The van der Waals surface area contributed by atoms with Gasteiger partial charge >= 0.3 is 0 Å². The molecule has 0 aromatic heterocycles. The van der Waals surface area contributed by atoms with Crippen LogP contribution >= 0.6 is 0 Å². The van der Waals surface area contributed by atoms with Crippen LogP contribution in [0.15, 0.2) is 12.1 Å². The first-order chi connectivity index (χ1) is 7.46. The fourth-order valence-electron chi connectivity index (χ4n) is 1.89. The van der Waals surface area contributed by atoms with E-state index in [9.17, 15) is 13.9 Å². The van der Waals surface area contributed by atoms with E-state index < -0.39 is 17.2 Å². The summed E-state index contributed by atoms with van der Waals surface area (Å²) >= 11 is 0. The predicted octanol–water partition coefficient (Wildman–Crippen LogP) is 2.59. The Balaban J connectivity index is 2.45. The molecule has 1 fully saturated rings. The van der Waals surface area contributed by atoms with E-state index in [1.165, 1.54) is 13.2 Å². The zero-order valence-electron chi connectivity index (χ0n) is 9.26. The van der Waals surface area contributed by atoms with Crippen molar-refractivity contribution in [3.05, 3.63) is 29.3 Å². The minimum atomic E-state index is -1.11. The van der Waals surface area contributed by atoms with E-state index in [0.717, 1.165) is 18.9 Å². The van der Waals surface area contributed by atoms with Crippen molar-refractivity contribution in [2.75, 3.05) is 7.11 Å². The van der Waals surface area contributed by atoms with Crippen molar-refractivity contribution >= 4 is 0 Å². The zero-order chi connectivity index (χ0) is 11.9. The average Bonchev–Trinajstić information content (AvgIpc) is 3.05. The van der Waals surface area contributed by atoms with Gasteiger partial charge in [0, 0.05) is 0 Å². The average molecular weight is 228 g/mol. The maximum absolute atomic E-state index is 13.3. The SMILES string of the molecule is COc1cc([C@](C)(O)C2CC2)cc(F)c1F. The van der Waals surface area contributed by atoms with Crippen molar-refractivity contribution < 1.29 is 18.6 Å². The van der Waals surface area contributed by atoms with Gasteiger partial charge in [-0.1, -0.05) is 0 Å². The van der Waals surface area contributed by atoms with Crippen LogP contribution in [0.4, 0.5) is 8.78 Å². The molecule has 1 aliphatic rings. The highest BCUT2D eigenvalue weighted by Gasteiger charge is 2.41. The lowest BCUT2D eigenvalue weighted by atomic mass is 9.90. The molecule has 16 heavy (non-hydrogen) atoms. The molecule has 2 rings (SSSR count). The largest absolute Gasteiger partial charge is 0.494 e. The zero-order valence-corrected chi connectivity index (χ0v) is 9.26. The number of ether oxygens (including phenoxy) is 1. The quantitative estimate of drug-likeness (QED) is 0.861. The Kier molecular flexibility index (Phi) is 2.62. The van der Waals surface area contributed by atoms with Gasteiger partial charge in [-0.05, 0) is 43.4 Å². The first-order valence-electron chi connectivity index (χ1n) is 5.22. The molecule has 1 saturated carbocycles. The van der Waals surface area contributed by atoms with Crippen LogP contribution in [0.2, 0.25) is 0 Å². The molecule has 0 aliphatic heterocycles. The second-order valence-electron chi connectivity index (χ2n) is 4.40. The second-order valence-corrected chi connectivity index (χ2v) is 4.40. The molecular weight excluding hydrogens is 214 g/mol. The normalized spacial score (nSPS) is 19.3. The molecule has 88 valence electrons. The number of hydrogen-bond donors (Lipinski definition) is 1. The Labute approximate surface area is 92.9 Å². The summed E-state index contributed by atoms with van der Waals surface area (Å²) in [4.78, 5) is 0. The highest BCUT2D eigenvalue weighted by Crippen LogP contribution is 2.46. The van der Waals surface area contributed by atoms with Crippen LogP contribution in [0.5, 0.6) is 5.75 Å². The third-order valence-electron chi connectivity index (χ3n) is 3.17. The molecule has 1 N–H and O–H groups in total. The van der Waals surface area contributed by atoms with Gasteiger partial charge in [0.1, 0.15) is 0 Å². The van der Waals surface area contributed by atoms with Crippen molar-refractivity contribution in [3.63, 3.8) is 0 Å². The summed E-state index contributed by atoms with van der Waals surface area (Å²) in [6, 6.07) is 2.40. The van der Waals surface area contributed by atoms with E-state index in [-0.39, 0.29) is 11.7 Å². The summed E-state index contributed by atoms with van der Waals surface area (Å²) in [5.41, 5.74) is -0.743. The van der Waals surface area contributed by atoms with Crippen LogP contribution in [0.3, 0.4) is 0 Å². The van der Waals surface area contributed by atoms with Gasteiger partial charge in [-0.15, -0.1) is 0 Å². The van der Waals surface area contributed by atoms with Gasteiger partial charge in [0.05, 0.1) is 12.7 Å². The van der Waals surface area contributed by atoms with Gasteiger partial charge in [0.2, 0.25) is 5.82 Å². The monoisotopic (exact) mass is 228 g/mol. The molecule has 0 bridgehead atoms. The van der Waals surface area contributed by atoms with E-state index >= 15 is 0 Å². The molecule has 1 atom stereocenters. The fraction of sp³-hybridized carbons (Fsp3) is 0.500. The summed E-state index contributed by atoms with van der Waals surface area (Å²) in [5.74, 6) is -2.05. The minimum Gasteiger partial charge on any atom is -0.494 e. The minimum absolute atomic E-state index is 0.127. The van der Waals surface area contributed by atoms with Crippen molar-refractivity contribution in [3.8, 4) is 5.75 Å². The Morgan fingerprint density at radius 3 is 2.50 bits per heavy atom. The van der Waals surface area contributed by atoms with Crippen LogP contribution in [-0.4, -0.2) is 12.2 Å². The smallest absolute Gasteiger partial charge is 0.200 e. The number of halogens is 2. The predicted molar refractivity (Wildman–Crippen MR) is 55.2 cm³/mol. The molecule has 1 aliphatic carbocycles. The maximum atomic E-state index is 13.3. The molecule has 0 unspecified atom stereocenters. The number of aliphatic hydroxyl groups is 1. The van der Waals surface area contributed by atoms with Crippen molar-refractivity contribution in [2.24, 2.45) is 5.92 Å². The fourth-order valence-corrected chi connectivity index (χ4v) is 1.89. The van der Waals surface area contributed by atoms with Gasteiger partial charge < -0.3 is 9.84 Å². The van der Waals surface area contributed by atoms with E-state index in [1.807, 2.05) is 0 Å². The Morgan fingerprint density at radius 1 is 1.38 bits per heavy atom. The van der Waals surface area contributed by atoms with Crippen molar-refractivity contribution in [2.45, 2.75) is 25.4 Å². The number of benzene rings is 1. The van der Waals surface area contributed by atoms with Crippen molar-refractivity contribution in [1.82, 2.24) is 0 Å². The van der Waals surface area contributed by atoms with Gasteiger partial charge in [-0.3, -0.25) is 0 Å². The number of hydrogen-bond acceptors (Lipinski definition) is 2. The number of rotatable bonds is 3. The summed E-state index contributed by atoms with van der Waals surface area (Å²) in [7, 11) is 1.27. The van der Waals surface area contributed by atoms with E-state index in [1.54, 1.807) is 6.92 Å². The molecule has 0 saturated heterocycles. The highest BCUT2D eigenvalue weighted by atomic mass is 19.2. The third kappa shape index (κ3) is 1.78. The Morgan fingerprint density at radius 2 is 2.00 bits per heavy atom. The van der Waals surface area contributed by atoms with Crippen LogP contribution in [0.1, 0.15) is 25.3 Å². The summed E-state index contributed by atoms with van der Waals surface area (Å²) in [6.45, 7) is 1.62. The molecule has 0 heterocycles. The van der Waals surface area contributed by atoms with Gasteiger partial charge in [-0.25, -0.2) is 4.39 Å². The lowest BCUT2D eigenvalue weighted by molar-refractivity contribution is 0.0324. The maximum Gasteiger partial charge on any atom is 0.200 e. The van der Waals surface area contributed by atoms with E-state index in [4.69, 9.17) is 4.74 Å². The first-order valence-corrected chi connectivity index (χ1v) is 5.22. The van der Waals surface area contributed by atoms with Crippen LogP contribution < -0.4 is 4.74 Å². The van der Waals surface area contributed by atoms with E-state index in [0.29, 0.717) is 5.56 Å². The summed E-state index contributed by atoms with van der Waals surface area (Å²) in [6.07, 6.45) is 1.82. The third-order valence-corrected chi connectivity index (χ3v) is 3.17. The van der Waals surface area contributed by atoms with Crippen LogP contribution in [-0.2, 0) is 5.60 Å². The van der Waals surface area contributed by atoms with Gasteiger partial charge in [0.25, 0.3) is 0 Å².